The Kier molecular flexibility index (Phi) is 6.68. The highest BCUT2D eigenvalue weighted by Crippen LogP contribution is 2.38. The summed E-state index contributed by atoms with van der Waals surface area (Å²) >= 11 is 0. The standard InChI is InChI=1S/C24H34N2O3/c1-19(16-20-6-3-2-4-7-20)18-26-13-11-24(12-14-26)10-9-21(29-24)17-25-23(27)22-8-5-15-28-22/h2-4,6-7,16,21-22H,5,8-15,17-18H2,1H3,(H,25,27)/b19-16+/t21-,22+/m1/s1. The number of amides is 1. The Balaban J connectivity index is 1.20. The number of carbonyl (C=O) groups excluding carboxylic acids is 1. The molecule has 2 atom stereocenters. The van der Waals surface area contributed by atoms with Crippen LogP contribution in [0.25, 0.3) is 6.08 Å². The topological polar surface area (TPSA) is 50.8 Å². The Labute approximate surface area is 174 Å². The van der Waals surface area contributed by atoms with Crippen LogP contribution in [0.5, 0.6) is 0 Å². The number of hydrogen-bond acceptors (Lipinski definition) is 4. The van der Waals surface area contributed by atoms with Crippen LogP contribution in [0.4, 0.5) is 0 Å². The fraction of sp³-hybridized carbons (Fsp3) is 0.625. The Morgan fingerprint density at radius 2 is 2.00 bits per heavy atom. The van der Waals surface area contributed by atoms with Gasteiger partial charge in [0, 0.05) is 32.8 Å². The molecule has 5 nitrogen and oxygen atoms in total. The molecule has 3 aliphatic heterocycles. The van der Waals surface area contributed by atoms with Crippen LogP contribution in [-0.2, 0) is 14.3 Å². The van der Waals surface area contributed by atoms with Gasteiger partial charge in [-0.05, 0) is 51.0 Å². The predicted octanol–water partition coefficient (Wildman–Crippen LogP) is 3.40. The summed E-state index contributed by atoms with van der Waals surface area (Å²) in [7, 11) is 0. The van der Waals surface area contributed by atoms with Gasteiger partial charge in [-0.3, -0.25) is 9.69 Å². The number of nitrogens with zero attached hydrogens (tertiary/aromatic N) is 1. The number of piperidine rings is 1. The molecule has 1 aromatic rings. The van der Waals surface area contributed by atoms with Gasteiger partial charge in [0.15, 0.2) is 0 Å². The van der Waals surface area contributed by atoms with Gasteiger partial charge in [0.2, 0.25) is 5.91 Å². The molecule has 4 rings (SSSR count). The highest BCUT2D eigenvalue weighted by atomic mass is 16.5. The van der Waals surface area contributed by atoms with Crippen molar-refractivity contribution in [1.82, 2.24) is 10.2 Å². The molecule has 0 unspecified atom stereocenters. The van der Waals surface area contributed by atoms with E-state index in [-0.39, 0.29) is 23.7 Å². The zero-order valence-electron chi connectivity index (χ0n) is 17.6. The highest BCUT2D eigenvalue weighted by Gasteiger charge is 2.42. The quantitative estimate of drug-likeness (QED) is 0.798. The normalized spacial score (nSPS) is 27.4. The van der Waals surface area contributed by atoms with Gasteiger partial charge in [-0.2, -0.15) is 0 Å². The van der Waals surface area contributed by atoms with E-state index in [1.807, 2.05) is 0 Å². The first-order chi connectivity index (χ1) is 14.1. The first-order valence-corrected chi connectivity index (χ1v) is 11.1. The summed E-state index contributed by atoms with van der Waals surface area (Å²) < 4.78 is 11.9. The molecule has 0 bridgehead atoms. The molecule has 0 aromatic heterocycles. The van der Waals surface area contributed by atoms with Crippen LogP contribution < -0.4 is 5.32 Å². The smallest absolute Gasteiger partial charge is 0.249 e. The number of carbonyl (C=O) groups is 1. The van der Waals surface area contributed by atoms with E-state index in [9.17, 15) is 4.79 Å². The predicted molar refractivity (Wildman–Crippen MR) is 115 cm³/mol. The van der Waals surface area contributed by atoms with Crippen LogP contribution in [0.2, 0.25) is 0 Å². The van der Waals surface area contributed by atoms with E-state index in [0.29, 0.717) is 13.2 Å². The van der Waals surface area contributed by atoms with Crippen LogP contribution in [0.1, 0.15) is 51.0 Å². The van der Waals surface area contributed by atoms with Gasteiger partial charge in [-0.15, -0.1) is 0 Å². The molecule has 1 aromatic carbocycles. The second-order valence-electron chi connectivity index (χ2n) is 8.89. The number of likely N-dealkylation sites (tertiary alicyclic amines) is 1. The molecule has 158 valence electrons. The van der Waals surface area contributed by atoms with E-state index < -0.39 is 0 Å². The average molecular weight is 399 g/mol. The SMILES string of the molecule is C/C(=C\c1ccccc1)CN1CCC2(CC[C@H](CNC(=O)[C@@H]3CCCO3)O2)CC1. The first kappa shape index (κ1) is 20.6. The fourth-order valence-electron chi connectivity index (χ4n) is 4.87. The summed E-state index contributed by atoms with van der Waals surface area (Å²) in [5.41, 5.74) is 2.69. The maximum absolute atomic E-state index is 12.1. The van der Waals surface area contributed by atoms with Crippen molar-refractivity contribution in [3.05, 3.63) is 41.5 Å². The van der Waals surface area contributed by atoms with Gasteiger partial charge in [-0.1, -0.05) is 42.0 Å². The Bertz CT molecular complexity index is 704. The maximum Gasteiger partial charge on any atom is 0.249 e. The summed E-state index contributed by atoms with van der Waals surface area (Å²) in [4.78, 5) is 14.7. The third kappa shape index (κ3) is 5.47. The minimum atomic E-state index is -0.249. The van der Waals surface area contributed by atoms with Gasteiger partial charge in [-0.25, -0.2) is 0 Å². The summed E-state index contributed by atoms with van der Waals surface area (Å²) in [6.07, 6.45) is 8.32. The lowest BCUT2D eigenvalue weighted by Gasteiger charge is -2.39. The molecule has 1 spiro atoms. The molecule has 1 N–H and O–H groups in total. The lowest BCUT2D eigenvalue weighted by Crippen LogP contribution is -2.46. The minimum Gasteiger partial charge on any atom is -0.370 e. The van der Waals surface area contributed by atoms with Gasteiger partial charge >= 0.3 is 0 Å². The van der Waals surface area contributed by atoms with Gasteiger partial charge < -0.3 is 14.8 Å². The van der Waals surface area contributed by atoms with Crippen LogP contribution >= 0.6 is 0 Å². The fourth-order valence-corrected chi connectivity index (χ4v) is 4.87. The van der Waals surface area contributed by atoms with Crippen molar-refractivity contribution < 1.29 is 14.3 Å². The highest BCUT2D eigenvalue weighted by molar-refractivity contribution is 5.80. The molecule has 3 heterocycles. The van der Waals surface area contributed by atoms with Crippen molar-refractivity contribution in [2.45, 2.75) is 63.3 Å². The van der Waals surface area contributed by atoms with E-state index in [1.165, 1.54) is 11.1 Å². The number of hydrogen-bond donors (Lipinski definition) is 1. The van der Waals surface area contributed by atoms with E-state index >= 15 is 0 Å². The van der Waals surface area contributed by atoms with Crippen molar-refractivity contribution in [2.75, 3.05) is 32.8 Å². The summed E-state index contributed by atoms with van der Waals surface area (Å²) in [6, 6.07) is 10.5. The molecule has 0 aliphatic carbocycles. The van der Waals surface area contributed by atoms with Crippen molar-refractivity contribution in [3.8, 4) is 0 Å². The van der Waals surface area contributed by atoms with Crippen LogP contribution in [-0.4, -0.2) is 61.4 Å². The number of benzene rings is 1. The Hall–Kier alpha value is -1.69. The number of ether oxygens (including phenoxy) is 2. The molecule has 3 saturated heterocycles. The zero-order valence-corrected chi connectivity index (χ0v) is 17.6. The average Bonchev–Trinajstić information content (AvgIpc) is 3.40. The molecule has 0 saturated carbocycles. The number of nitrogens with one attached hydrogen (secondary N) is 1. The van der Waals surface area contributed by atoms with E-state index in [2.05, 4.69) is 53.5 Å². The minimum absolute atomic E-state index is 0.0206. The molecule has 1 amide bonds. The van der Waals surface area contributed by atoms with Gasteiger partial charge in [0.1, 0.15) is 6.10 Å². The lowest BCUT2D eigenvalue weighted by atomic mass is 9.88. The second kappa shape index (κ2) is 9.41. The maximum atomic E-state index is 12.1. The van der Waals surface area contributed by atoms with Crippen molar-refractivity contribution in [2.24, 2.45) is 0 Å². The summed E-state index contributed by atoms with van der Waals surface area (Å²) in [6.45, 7) is 6.71. The van der Waals surface area contributed by atoms with Gasteiger partial charge in [0.05, 0.1) is 11.7 Å². The molecule has 3 aliphatic rings. The zero-order chi connectivity index (χ0) is 20.1. The Morgan fingerprint density at radius 1 is 1.21 bits per heavy atom. The summed E-state index contributed by atoms with van der Waals surface area (Å²) in [5, 5.41) is 3.04. The molecule has 5 heteroatoms. The van der Waals surface area contributed by atoms with E-state index in [4.69, 9.17) is 9.47 Å². The van der Waals surface area contributed by atoms with E-state index in [0.717, 1.165) is 58.2 Å². The second-order valence-corrected chi connectivity index (χ2v) is 8.89. The molecule has 0 radical (unpaired) electrons. The third-order valence-corrected chi connectivity index (χ3v) is 6.52. The first-order valence-electron chi connectivity index (χ1n) is 11.1. The largest absolute Gasteiger partial charge is 0.370 e. The molecule has 29 heavy (non-hydrogen) atoms. The van der Waals surface area contributed by atoms with Crippen molar-refractivity contribution >= 4 is 12.0 Å². The van der Waals surface area contributed by atoms with Crippen LogP contribution in [0, 0.1) is 0 Å². The number of rotatable bonds is 6. The Morgan fingerprint density at radius 3 is 2.72 bits per heavy atom. The molecular weight excluding hydrogens is 364 g/mol. The van der Waals surface area contributed by atoms with Crippen molar-refractivity contribution in [3.63, 3.8) is 0 Å². The van der Waals surface area contributed by atoms with Gasteiger partial charge in [0.25, 0.3) is 0 Å². The van der Waals surface area contributed by atoms with Crippen LogP contribution in [0.15, 0.2) is 35.9 Å². The molecule has 3 fully saturated rings. The van der Waals surface area contributed by atoms with Crippen LogP contribution in [0.3, 0.4) is 0 Å². The lowest BCUT2D eigenvalue weighted by molar-refractivity contribution is -0.131. The third-order valence-electron chi connectivity index (χ3n) is 6.52. The molecular formula is C24H34N2O3. The van der Waals surface area contributed by atoms with Crippen molar-refractivity contribution in [1.29, 1.82) is 0 Å². The van der Waals surface area contributed by atoms with E-state index in [1.54, 1.807) is 0 Å². The monoisotopic (exact) mass is 398 g/mol. The summed E-state index contributed by atoms with van der Waals surface area (Å²) in [5.74, 6) is 0.0301.